The van der Waals surface area contributed by atoms with Crippen LogP contribution in [-0.2, 0) is 6.54 Å². The van der Waals surface area contributed by atoms with Gasteiger partial charge in [0.05, 0.1) is 0 Å². The number of oxime groups is 1. The zero-order valence-corrected chi connectivity index (χ0v) is 12.6. The fraction of sp³-hybridized carbons (Fsp3) is 0.571. The van der Waals surface area contributed by atoms with Gasteiger partial charge in [0.2, 0.25) is 0 Å². The molecule has 0 aliphatic heterocycles. The van der Waals surface area contributed by atoms with Gasteiger partial charge in [-0.05, 0) is 43.6 Å². The van der Waals surface area contributed by atoms with E-state index in [4.69, 9.17) is 10.9 Å². The molecule has 0 bridgehead atoms. The van der Waals surface area contributed by atoms with Crippen LogP contribution in [0.1, 0.15) is 36.9 Å². The molecule has 1 aromatic rings. The van der Waals surface area contributed by atoms with Crippen LogP contribution in [-0.4, -0.2) is 33.6 Å². The topological polar surface area (TPSA) is 83.5 Å². The Balaban J connectivity index is 1.92. The van der Waals surface area contributed by atoms with E-state index in [1.165, 1.54) is 25.7 Å². The second kappa shape index (κ2) is 7.50. The fourth-order valence-electron chi connectivity index (χ4n) is 2.62. The molecule has 1 aromatic heterocycles. The highest BCUT2D eigenvalue weighted by atomic mass is 32.2. The number of hydrogen-bond acceptors (Lipinski definition) is 5. The van der Waals surface area contributed by atoms with Crippen molar-refractivity contribution in [3.8, 4) is 0 Å². The number of nitrogens with zero attached hydrogens (tertiary/aromatic N) is 2. The van der Waals surface area contributed by atoms with E-state index in [2.05, 4.69) is 21.7 Å². The first-order valence-corrected chi connectivity index (χ1v) is 8.21. The van der Waals surface area contributed by atoms with Crippen molar-refractivity contribution in [3.63, 3.8) is 0 Å². The number of rotatable bonds is 5. The van der Waals surface area contributed by atoms with E-state index in [0.29, 0.717) is 18.3 Å². The zero-order valence-electron chi connectivity index (χ0n) is 11.7. The normalized spacial score (nSPS) is 23.8. The number of thioether (sulfide) groups is 1. The van der Waals surface area contributed by atoms with Gasteiger partial charge in [-0.1, -0.05) is 11.2 Å². The van der Waals surface area contributed by atoms with Gasteiger partial charge in [-0.15, -0.1) is 0 Å². The van der Waals surface area contributed by atoms with Gasteiger partial charge in [0.15, 0.2) is 5.84 Å². The minimum atomic E-state index is 0.0634. The molecule has 20 heavy (non-hydrogen) atoms. The van der Waals surface area contributed by atoms with Crippen LogP contribution in [0.3, 0.4) is 0 Å². The van der Waals surface area contributed by atoms with Crippen LogP contribution in [0.15, 0.2) is 23.5 Å². The fourth-order valence-corrected chi connectivity index (χ4v) is 3.36. The van der Waals surface area contributed by atoms with Crippen LogP contribution in [0.25, 0.3) is 0 Å². The number of hydrogen-bond donors (Lipinski definition) is 3. The maximum absolute atomic E-state index is 8.79. The van der Waals surface area contributed by atoms with E-state index in [1.54, 1.807) is 6.20 Å². The third-order valence-electron chi connectivity index (χ3n) is 3.83. The zero-order chi connectivity index (χ0) is 14.4. The van der Waals surface area contributed by atoms with E-state index in [-0.39, 0.29) is 5.84 Å². The molecule has 0 atom stereocenters. The van der Waals surface area contributed by atoms with Crippen LogP contribution >= 0.6 is 11.8 Å². The Morgan fingerprint density at radius 2 is 2.25 bits per heavy atom. The molecule has 5 nitrogen and oxygen atoms in total. The van der Waals surface area contributed by atoms with E-state index in [1.807, 2.05) is 23.9 Å². The Kier molecular flexibility index (Phi) is 5.67. The lowest BCUT2D eigenvalue weighted by molar-refractivity contribution is 0.318. The molecule has 4 N–H and O–H groups in total. The SMILES string of the molecule is CSC1CCC(NCc2cccnc2/C(N)=N/O)CC1. The molecule has 0 aromatic carbocycles. The van der Waals surface area contributed by atoms with E-state index in [9.17, 15) is 0 Å². The number of pyridine rings is 1. The molecule has 1 heterocycles. The van der Waals surface area contributed by atoms with Gasteiger partial charge in [-0.3, -0.25) is 4.98 Å². The predicted octanol–water partition coefficient (Wildman–Crippen LogP) is 1.94. The smallest absolute Gasteiger partial charge is 0.189 e. The highest BCUT2D eigenvalue weighted by Gasteiger charge is 2.20. The number of aromatic nitrogens is 1. The Morgan fingerprint density at radius 3 is 2.90 bits per heavy atom. The molecule has 6 heteroatoms. The van der Waals surface area contributed by atoms with Crippen molar-refractivity contribution in [1.29, 1.82) is 0 Å². The first-order valence-electron chi connectivity index (χ1n) is 6.92. The third kappa shape index (κ3) is 3.86. The molecule has 1 aliphatic rings. The number of nitrogens with one attached hydrogen (secondary N) is 1. The summed E-state index contributed by atoms with van der Waals surface area (Å²) in [7, 11) is 0. The largest absolute Gasteiger partial charge is 0.409 e. The van der Waals surface area contributed by atoms with Crippen molar-refractivity contribution in [2.45, 2.75) is 43.5 Å². The van der Waals surface area contributed by atoms with Crippen molar-refractivity contribution >= 4 is 17.6 Å². The lowest BCUT2D eigenvalue weighted by atomic mass is 9.95. The van der Waals surface area contributed by atoms with Gasteiger partial charge in [0, 0.05) is 24.0 Å². The Bertz CT molecular complexity index is 458. The van der Waals surface area contributed by atoms with Crippen molar-refractivity contribution < 1.29 is 5.21 Å². The van der Waals surface area contributed by atoms with E-state index >= 15 is 0 Å². The molecule has 1 saturated carbocycles. The molecule has 0 unspecified atom stereocenters. The molecule has 0 amide bonds. The molecule has 0 saturated heterocycles. The highest BCUT2D eigenvalue weighted by molar-refractivity contribution is 7.99. The van der Waals surface area contributed by atoms with E-state index < -0.39 is 0 Å². The summed E-state index contributed by atoms with van der Waals surface area (Å²) < 4.78 is 0. The Labute approximate surface area is 124 Å². The summed E-state index contributed by atoms with van der Waals surface area (Å²) in [4.78, 5) is 4.18. The van der Waals surface area contributed by atoms with Crippen LogP contribution in [0.5, 0.6) is 0 Å². The summed E-state index contributed by atoms with van der Waals surface area (Å²) >= 11 is 1.97. The summed E-state index contributed by atoms with van der Waals surface area (Å²) in [5.74, 6) is 0.0634. The summed E-state index contributed by atoms with van der Waals surface area (Å²) in [6.45, 7) is 0.702. The average Bonchev–Trinajstić information content (AvgIpc) is 2.53. The third-order valence-corrected chi connectivity index (χ3v) is 4.97. The monoisotopic (exact) mass is 294 g/mol. The lowest BCUT2D eigenvalue weighted by Crippen LogP contribution is -2.34. The Morgan fingerprint density at radius 1 is 1.50 bits per heavy atom. The van der Waals surface area contributed by atoms with Crippen LogP contribution in [0.2, 0.25) is 0 Å². The summed E-state index contributed by atoms with van der Waals surface area (Å²) in [5, 5.41) is 16.2. The molecule has 0 radical (unpaired) electrons. The van der Waals surface area contributed by atoms with Crippen molar-refractivity contribution in [2.75, 3.05) is 6.26 Å². The standard InChI is InChI=1S/C14H22N4OS/c1-20-12-6-4-11(5-7-12)17-9-10-3-2-8-16-13(10)14(15)18-19/h2-3,8,11-12,17,19H,4-7,9H2,1H3,(H2,15,18). The van der Waals surface area contributed by atoms with Crippen LogP contribution in [0, 0.1) is 0 Å². The first kappa shape index (κ1) is 15.1. The molecular weight excluding hydrogens is 272 g/mol. The van der Waals surface area contributed by atoms with Crippen molar-refractivity contribution in [2.24, 2.45) is 10.9 Å². The molecule has 1 fully saturated rings. The second-order valence-electron chi connectivity index (χ2n) is 5.09. The number of nitrogens with two attached hydrogens (primary N) is 1. The van der Waals surface area contributed by atoms with Gasteiger partial charge in [-0.25, -0.2) is 0 Å². The van der Waals surface area contributed by atoms with Gasteiger partial charge in [0.25, 0.3) is 0 Å². The summed E-state index contributed by atoms with van der Waals surface area (Å²) in [6, 6.07) is 4.38. The molecule has 1 aliphatic carbocycles. The van der Waals surface area contributed by atoms with Gasteiger partial charge >= 0.3 is 0 Å². The minimum absolute atomic E-state index is 0.0634. The van der Waals surface area contributed by atoms with E-state index in [0.717, 1.165) is 10.8 Å². The summed E-state index contributed by atoms with van der Waals surface area (Å²) in [5.41, 5.74) is 7.17. The lowest BCUT2D eigenvalue weighted by Gasteiger charge is -2.28. The molecule has 2 rings (SSSR count). The minimum Gasteiger partial charge on any atom is -0.409 e. The molecule has 110 valence electrons. The first-order chi connectivity index (χ1) is 9.74. The predicted molar refractivity (Wildman–Crippen MR) is 83.1 cm³/mol. The van der Waals surface area contributed by atoms with Crippen LogP contribution in [0.4, 0.5) is 0 Å². The summed E-state index contributed by atoms with van der Waals surface area (Å²) in [6.07, 6.45) is 8.82. The second-order valence-corrected chi connectivity index (χ2v) is 6.22. The Hall–Kier alpha value is -1.27. The molecular formula is C14H22N4OS. The number of amidine groups is 1. The van der Waals surface area contributed by atoms with Gasteiger partial charge < -0.3 is 16.3 Å². The van der Waals surface area contributed by atoms with Gasteiger partial charge in [0.1, 0.15) is 5.69 Å². The van der Waals surface area contributed by atoms with Crippen molar-refractivity contribution in [3.05, 3.63) is 29.6 Å². The maximum atomic E-state index is 8.79. The average molecular weight is 294 g/mol. The molecule has 0 spiro atoms. The van der Waals surface area contributed by atoms with Crippen molar-refractivity contribution in [1.82, 2.24) is 10.3 Å². The maximum Gasteiger partial charge on any atom is 0.189 e. The quantitative estimate of drug-likeness (QED) is 0.334. The van der Waals surface area contributed by atoms with Crippen LogP contribution < -0.4 is 11.1 Å². The highest BCUT2D eigenvalue weighted by Crippen LogP contribution is 2.27. The van der Waals surface area contributed by atoms with Gasteiger partial charge in [-0.2, -0.15) is 11.8 Å².